The van der Waals surface area contributed by atoms with Crippen molar-refractivity contribution in [2.75, 3.05) is 41.1 Å². The van der Waals surface area contributed by atoms with Gasteiger partial charge in [-0.3, -0.25) is 24.0 Å². The fourth-order valence-corrected chi connectivity index (χ4v) is 10.4. The molecule has 0 aromatic heterocycles. The van der Waals surface area contributed by atoms with Gasteiger partial charge < -0.3 is 53.7 Å². The number of aliphatic hydroxyl groups is 4. The number of piperidine rings is 1. The van der Waals surface area contributed by atoms with Crippen LogP contribution in [0.5, 0.6) is 0 Å². The molecule has 17 heteroatoms. The van der Waals surface area contributed by atoms with Crippen LogP contribution in [0.3, 0.4) is 0 Å². The summed E-state index contributed by atoms with van der Waals surface area (Å²) in [6.45, 7) is 11.1. The SMILES string of the molecule is C.CO[C@H]1C[C@@H]2CC[C@@H](C)[C@@](O)(O2)C(=O)C(=O)N2CCCC[C@H]2C(=O)O[C@H]([C@H](C)C[C@@H]2CC[C@@H](OC(=O)C(C)(CO)CO)[C@H](OC)C2)CC(=O)[C@H](C)/C=C/[C@@H](O)[C@@H](OC)C(=O)[C@H](C)C[C@H](C)/C=C/C=CC=C1C. The number of aliphatic hydroxyl groups excluding tert-OH is 3. The molecule has 15 atom stereocenters. The highest BCUT2D eigenvalue weighted by Crippen LogP contribution is 2.38. The monoisotopic (exact) mass is 1030 g/mol. The summed E-state index contributed by atoms with van der Waals surface area (Å²) >= 11 is 0. The van der Waals surface area contributed by atoms with Crippen LogP contribution < -0.4 is 0 Å². The Labute approximate surface area is 434 Å². The number of methoxy groups -OCH3 is 3. The van der Waals surface area contributed by atoms with Gasteiger partial charge in [0.25, 0.3) is 11.7 Å². The van der Waals surface area contributed by atoms with E-state index in [-0.39, 0.29) is 50.2 Å². The van der Waals surface area contributed by atoms with E-state index in [1.165, 1.54) is 33.3 Å². The number of esters is 2. The van der Waals surface area contributed by atoms with Crippen molar-refractivity contribution in [2.45, 2.75) is 187 Å². The van der Waals surface area contributed by atoms with Crippen LogP contribution in [0.15, 0.2) is 48.1 Å². The van der Waals surface area contributed by atoms with Crippen molar-refractivity contribution in [3.8, 4) is 0 Å². The molecule has 1 aliphatic carbocycles. The lowest BCUT2D eigenvalue weighted by molar-refractivity contribution is -0.265. The number of rotatable bonds is 10. The standard InChI is InChI=1S/C55H85NO16.CH4/c1-33-16-12-11-13-17-35(3)45(67-8)29-40-22-20-38(6)55(66,72-40)50(62)51(63)56-25-15-14-18-41(56)52(64)70-46(30-43(60)34(2)19-23-42(59)49(69-10)48(61)37(5)26-33)36(4)27-39-21-24-44(47(28-39)68-9)71-53(65)54(7,31-57)32-58;/h11-13,16-17,19,23,33-34,36-42,44-47,49,57-59,66H,14-15,18,20-22,24-32H2,1-10H3;1H4/b13-11?,16-12+,23-19+,35-17?;/t33-,34-,36-,37-,38-,39+,40+,41+,42-,44-,45+,46+,47-,49-,55-;/m1./s1. The Hall–Kier alpha value is -3.94. The van der Waals surface area contributed by atoms with Crippen molar-refractivity contribution in [1.29, 1.82) is 0 Å². The van der Waals surface area contributed by atoms with Crippen molar-refractivity contribution in [2.24, 2.45) is 40.9 Å². The zero-order valence-electron chi connectivity index (χ0n) is 44.4. The van der Waals surface area contributed by atoms with Crippen LogP contribution in [0.2, 0.25) is 0 Å². The highest BCUT2D eigenvalue weighted by molar-refractivity contribution is 6.39. The molecule has 3 heterocycles. The van der Waals surface area contributed by atoms with Gasteiger partial charge in [-0.25, -0.2) is 4.79 Å². The van der Waals surface area contributed by atoms with Crippen LogP contribution in [0.25, 0.3) is 0 Å². The number of amides is 1. The first-order chi connectivity index (χ1) is 34.1. The quantitative estimate of drug-likeness (QED) is 0.112. The second-order valence-corrected chi connectivity index (χ2v) is 21.4. The Bertz CT molecular complexity index is 1960. The lowest BCUT2D eigenvalue weighted by Gasteiger charge is -2.42. The van der Waals surface area contributed by atoms with Crippen molar-refractivity contribution < 1.29 is 77.6 Å². The molecule has 3 fully saturated rings. The average molecular weight is 1030 g/mol. The molecule has 4 N–H and O–H groups in total. The second-order valence-electron chi connectivity index (χ2n) is 21.4. The van der Waals surface area contributed by atoms with Gasteiger partial charge >= 0.3 is 11.9 Å². The maximum absolute atomic E-state index is 14.5. The first-order valence-electron chi connectivity index (χ1n) is 26.0. The molecule has 1 amide bonds. The lowest BCUT2D eigenvalue weighted by atomic mass is 9.78. The van der Waals surface area contributed by atoms with Gasteiger partial charge in [-0.2, -0.15) is 0 Å². The highest BCUT2D eigenvalue weighted by Gasteiger charge is 2.53. The van der Waals surface area contributed by atoms with E-state index in [1.807, 2.05) is 51.2 Å². The molecule has 4 aliphatic rings. The molecule has 1 saturated carbocycles. The van der Waals surface area contributed by atoms with E-state index in [4.69, 9.17) is 28.4 Å². The fraction of sp³-hybridized carbons (Fsp3) is 0.750. The van der Waals surface area contributed by atoms with Crippen LogP contribution in [0.1, 0.15) is 133 Å². The summed E-state index contributed by atoms with van der Waals surface area (Å²) in [5.74, 6) is -9.36. The minimum absolute atomic E-state index is 0. The number of cyclic esters (lactones) is 1. The molecule has 73 heavy (non-hydrogen) atoms. The molecule has 17 nitrogen and oxygen atoms in total. The molecule has 0 aromatic rings. The van der Waals surface area contributed by atoms with Crippen LogP contribution >= 0.6 is 0 Å². The van der Waals surface area contributed by atoms with Gasteiger partial charge in [-0.05, 0) is 101 Å². The van der Waals surface area contributed by atoms with E-state index in [2.05, 4.69) is 0 Å². The number of hydrogen-bond acceptors (Lipinski definition) is 16. The van der Waals surface area contributed by atoms with Crippen LogP contribution in [-0.4, -0.2) is 156 Å². The second kappa shape index (κ2) is 29.4. The number of ether oxygens (including phenoxy) is 6. The predicted octanol–water partition coefficient (Wildman–Crippen LogP) is 5.97. The van der Waals surface area contributed by atoms with Gasteiger partial charge in [0.1, 0.15) is 41.7 Å². The Balaban J connectivity index is 0.0000141. The number of carbonyl (C=O) groups excluding carboxylic acids is 6. The maximum Gasteiger partial charge on any atom is 0.329 e. The molecule has 0 radical (unpaired) electrons. The van der Waals surface area contributed by atoms with E-state index < -0.39 is 120 Å². The number of nitrogens with zero attached hydrogens (tertiary/aromatic N) is 1. The minimum Gasteiger partial charge on any atom is -0.460 e. The molecular weight excluding hydrogens is 943 g/mol. The third-order valence-electron chi connectivity index (χ3n) is 15.5. The normalized spacial score (nSPS) is 35.7. The minimum atomic E-state index is -2.47. The summed E-state index contributed by atoms with van der Waals surface area (Å²) in [6, 6.07) is -1.20. The van der Waals surface area contributed by atoms with Gasteiger partial charge in [0, 0.05) is 58.5 Å². The topological polar surface area (TPSA) is 242 Å². The van der Waals surface area contributed by atoms with Crippen LogP contribution in [0.4, 0.5) is 0 Å². The van der Waals surface area contributed by atoms with Crippen molar-refractivity contribution in [3.05, 3.63) is 48.1 Å². The fourth-order valence-electron chi connectivity index (χ4n) is 10.4. The number of Topliss-reactive ketones (excluding diaryl/α,β-unsaturated/α-hetero) is 3. The molecule has 2 saturated heterocycles. The summed E-state index contributed by atoms with van der Waals surface area (Å²) in [5, 5.41) is 42.7. The third-order valence-corrected chi connectivity index (χ3v) is 15.5. The Morgan fingerprint density at radius 3 is 2.21 bits per heavy atom. The average Bonchev–Trinajstić information content (AvgIpc) is 3.37. The van der Waals surface area contributed by atoms with Crippen LogP contribution in [0, 0.1) is 40.9 Å². The summed E-state index contributed by atoms with van der Waals surface area (Å²) in [4.78, 5) is 85.0. The number of hydrogen-bond donors (Lipinski definition) is 4. The van der Waals surface area contributed by atoms with Gasteiger partial charge in [-0.15, -0.1) is 0 Å². The predicted molar refractivity (Wildman–Crippen MR) is 273 cm³/mol. The Morgan fingerprint density at radius 2 is 1.56 bits per heavy atom. The van der Waals surface area contributed by atoms with Gasteiger partial charge in [0.2, 0.25) is 5.79 Å². The summed E-state index contributed by atoms with van der Waals surface area (Å²) < 4.78 is 35.3. The molecule has 0 unspecified atom stereocenters. The van der Waals surface area contributed by atoms with E-state index in [0.717, 1.165) is 10.5 Å². The molecule has 3 aliphatic heterocycles. The zero-order chi connectivity index (χ0) is 53.5. The van der Waals surface area contributed by atoms with Gasteiger partial charge in [0.05, 0.1) is 31.5 Å². The summed E-state index contributed by atoms with van der Waals surface area (Å²) in [5.41, 5.74) is -0.626. The molecule has 2 bridgehead atoms. The van der Waals surface area contributed by atoms with Gasteiger partial charge in [-0.1, -0.05) is 84.6 Å². The molecule has 414 valence electrons. The van der Waals surface area contributed by atoms with E-state index >= 15 is 0 Å². The largest absolute Gasteiger partial charge is 0.460 e. The van der Waals surface area contributed by atoms with Crippen molar-refractivity contribution in [3.63, 3.8) is 0 Å². The number of carbonyl (C=O) groups is 6. The Kier molecular flexibility index (Phi) is 25.5. The molecule has 0 spiro atoms. The Morgan fingerprint density at radius 1 is 0.863 bits per heavy atom. The van der Waals surface area contributed by atoms with Crippen molar-refractivity contribution >= 4 is 35.2 Å². The summed E-state index contributed by atoms with van der Waals surface area (Å²) in [7, 11) is 4.41. The van der Waals surface area contributed by atoms with E-state index in [9.17, 15) is 49.2 Å². The number of fused-ring (bicyclic) bond motifs is 3. The maximum atomic E-state index is 14.5. The first-order valence-corrected chi connectivity index (χ1v) is 26.0. The lowest BCUT2D eigenvalue weighted by Crippen LogP contribution is -2.61. The third kappa shape index (κ3) is 16.8. The number of allylic oxidation sites excluding steroid dienone is 6. The molecule has 0 aromatic carbocycles. The molecule has 4 rings (SSSR count). The van der Waals surface area contributed by atoms with Crippen LogP contribution in [-0.2, 0) is 57.2 Å². The molecular formula is C56H89NO16. The van der Waals surface area contributed by atoms with E-state index in [1.54, 1.807) is 27.9 Å². The van der Waals surface area contributed by atoms with Gasteiger partial charge in [0.15, 0.2) is 5.78 Å². The highest BCUT2D eigenvalue weighted by atomic mass is 16.6. The van der Waals surface area contributed by atoms with E-state index in [0.29, 0.717) is 64.2 Å². The van der Waals surface area contributed by atoms with Crippen molar-refractivity contribution in [1.82, 2.24) is 4.90 Å². The number of ketones is 3. The smallest absolute Gasteiger partial charge is 0.329 e. The summed E-state index contributed by atoms with van der Waals surface area (Å²) in [6.07, 6.45) is 11.0. The first kappa shape index (κ1) is 63.4. The zero-order valence-corrected chi connectivity index (χ0v) is 44.4.